The molecule has 1 heterocycles. The van der Waals surface area contributed by atoms with Crippen LogP contribution in [0.2, 0.25) is 0 Å². The number of hydrogen-bond acceptors (Lipinski definition) is 3. The summed E-state index contributed by atoms with van der Waals surface area (Å²) in [5.74, 6) is -0.0725. The zero-order valence-corrected chi connectivity index (χ0v) is 14.8. The van der Waals surface area contributed by atoms with E-state index in [1.807, 2.05) is 18.2 Å². The van der Waals surface area contributed by atoms with Gasteiger partial charge in [-0.15, -0.1) is 12.4 Å². The van der Waals surface area contributed by atoms with E-state index in [9.17, 15) is 9.59 Å². The van der Waals surface area contributed by atoms with E-state index in [2.05, 4.69) is 17.4 Å². The van der Waals surface area contributed by atoms with E-state index < -0.39 is 0 Å². The first kappa shape index (κ1) is 19.0. The van der Waals surface area contributed by atoms with Crippen LogP contribution in [0.4, 0.5) is 5.69 Å². The van der Waals surface area contributed by atoms with Gasteiger partial charge in [-0.25, -0.2) is 0 Å². The van der Waals surface area contributed by atoms with E-state index in [0.29, 0.717) is 24.3 Å². The SMILES string of the molecule is CC(=O)Nc1cccc(C(=O)N2C[C@@H](N)[C@H](c3ccccc3)C2)c1.Cl. The Morgan fingerprint density at radius 2 is 1.80 bits per heavy atom. The maximum absolute atomic E-state index is 12.8. The Morgan fingerprint density at radius 3 is 2.48 bits per heavy atom. The van der Waals surface area contributed by atoms with Crippen molar-refractivity contribution >= 4 is 29.9 Å². The Labute approximate surface area is 153 Å². The summed E-state index contributed by atoms with van der Waals surface area (Å²) in [5.41, 5.74) is 8.60. The number of nitrogens with two attached hydrogens (primary N) is 1. The fraction of sp³-hybridized carbons (Fsp3) is 0.263. The molecule has 2 atom stereocenters. The van der Waals surface area contributed by atoms with E-state index >= 15 is 0 Å². The van der Waals surface area contributed by atoms with Crippen LogP contribution in [0.5, 0.6) is 0 Å². The van der Waals surface area contributed by atoms with Crippen molar-refractivity contribution in [2.24, 2.45) is 5.73 Å². The fourth-order valence-corrected chi connectivity index (χ4v) is 3.16. The number of hydrogen-bond donors (Lipinski definition) is 2. The Balaban J connectivity index is 0.00000225. The van der Waals surface area contributed by atoms with Crippen LogP contribution in [0.3, 0.4) is 0 Å². The number of carbonyl (C=O) groups is 2. The molecule has 1 aliphatic heterocycles. The standard InChI is InChI=1S/C19H21N3O2.ClH/c1-13(23)21-16-9-5-8-15(10-16)19(24)22-11-17(18(20)12-22)14-6-3-2-4-7-14;/h2-10,17-18H,11-12,20H2,1H3,(H,21,23);1H/t17-,18+;/m0./s1. The summed E-state index contributed by atoms with van der Waals surface area (Å²) in [7, 11) is 0. The van der Waals surface area contributed by atoms with Gasteiger partial charge in [-0.2, -0.15) is 0 Å². The molecular weight excluding hydrogens is 338 g/mol. The molecule has 1 fully saturated rings. The number of halogens is 1. The third-order valence-electron chi connectivity index (χ3n) is 4.31. The number of nitrogens with one attached hydrogen (secondary N) is 1. The fourth-order valence-electron chi connectivity index (χ4n) is 3.16. The van der Waals surface area contributed by atoms with E-state index in [1.54, 1.807) is 29.2 Å². The summed E-state index contributed by atoms with van der Waals surface area (Å²) >= 11 is 0. The van der Waals surface area contributed by atoms with Crippen molar-refractivity contribution in [3.05, 3.63) is 65.7 Å². The van der Waals surface area contributed by atoms with Crippen molar-refractivity contribution < 1.29 is 9.59 Å². The van der Waals surface area contributed by atoms with Crippen molar-refractivity contribution in [2.45, 2.75) is 18.9 Å². The zero-order chi connectivity index (χ0) is 17.1. The summed E-state index contributed by atoms with van der Waals surface area (Å²) < 4.78 is 0. The maximum Gasteiger partial charge on any atom is 0.254 e. The highest BCUT2D eigenvalue weighted by Gasteiger charge is 2.34. The van der Waals surface area contributed by atoms with Crippen LogP contribution in [0.25, 0.3) is 0 Å². The molecule has 25 heavy (non-hydrogen) atoms. The number of carbonyl (C=O) groups excluding carboxylic acids is 2. The Bertz CT molecular complexity index is 751. The number of nitrogens with zero attached hydrogens (tertiary/aromatic N) is 1. The van der Waals surface area contributed by atoms with Crippen molar-refractivity contribution in [2.75, 3.05) is 18.4 Å². The molecule has 3 rings (SSSR count). The molecule has 5 nitrogen and oxygen atoms in total. The smallest absolute Gasteiger partial charge is 0.254 e. The monoisotopic (exact) mass is 359 g/mol. The van der Waals surface area contributed by atoms with Crippen LogP contribution >= 0.6 is 12.4 Å². The lowest BCUT2D eigenvalue weighted by atomic mass is 9.95. The van der Waals surface area contributed by atoms with Gasteiger partial charge in [0.2, 0.25) is 5.91 Å². The minimum Gasteiger partial charge on any atom is -0.336 e. The van der Waals surface area contributed by atoms with Crippen LogP contribution in [0, 0.1) is 0 Å². The summed E-state index contributed by atoms with van der Waals surface area (Å²) in [6, 6.07) is 17.0. The molecule has 0 unspecified atom stereocenters. The molecular formula is C19H22ClN3O2. The molecule has 0 aromatic heterocycles. The van der Waals surface area contributed by atoms with Crippen LogP contribution in [0.15, 0.2) is 54.6 Å². The third-order valence-corrected chi connectivity index (χ3v) is 4.31. The average Bonchev–Trinajstić information content (AvgIpc) is 2.96. The number of likely N-dealkylation sites (tertiary alicyclic amines) is 1. The third kappa shape index (κ3) is 4.38. The summed E-state index contributed by atoms with van der Waals surface area (Å²) in [6.07, 6.45) is 0. The molecule has 0 radical (unpaired) electrons. The normalized spacial score (nSPS) is 19.2. The predicted octanol–water partition coefficient (Wildman–Crippen LogP) is 2.63. The number of benzene rings is 2. The average molecular weight is 360 g/mol. The molecule has 6 heteroatoms. The van der Waals surface area contributed by atoms with E-state index in [-0.39, 0.29) is 36.2 Å². The molecule has 1 saturated heterocycles. The molecule has 3 N–H and O–H groups in total. The van der Waals surface area contributed by atoms with Crippen LogP contribution in [-0.2, 0) is 4.79 Å². The summed E-state index contributed by atoms with van der Waals surface area (Å²) in [6.45, 7) is 2.58. The van der Waals surface area contributed by atoms with Gasteiger partial charge < -0.3 is 16.0 Å². The second-order valence-corrected chi connectivity index (χ2v) is 6.15. The minimum absolute atomic E-state index is 0. The Morgan fingerprint density at radius 1 is 1.08 bits per heavy atom. The van der Waals surface area contributed by atoms with E-state index in [4.69, 9.17) is 5.73 Å². The Kier molecular flexibility index (Phi) is 6.17. The second-order valence-electron chi connectivity index (χ2n) is 6.15. The molecule has 1 aliphatic rings. The summed E-state index contributed by atoms with van der Waals surface area (Å²) in [4.78, 5) is 25.7. The summed E-state index contributed by atoms with van der Waals surface area (Å²) in [5, 5.41) is 2.70. The molecule has 0 bridgehead atoms. The van der Waals surface area contributed by atoms with Crippen molar-refractivity contribution in [1.82, 2.24) is 4.90 Å². The lowest BCUT2D eigenvalue weighted by Gasteiger charge is -2.17. The Hall–Kier alpha value is -2.37. The zero-order valence-electron chi connectivity index (χ0n) is 14.0. The highest BCUT2D eigenvalue weighted by Crippen LogP contribution is 2.27. The van der Waals surface area contributed by atoms with E-state index in [0.717, 1.165) is 5.56 Å². The van der Waals surface area contributed by atoms with Gasteiger partial charge in [0.15, 0.2) is 0 Å². The molecule has 2 amide bonds. The second kappa shape index (κ2) is 8.14. The van der Waals surface area contributed by atoms with Crippen molar-refractivity contribution in [3.63, 3.8) is 0 Å². The van der Waals surface area contributed by atoms with Crippen molar-refractivity contribution in [3.8, 4) is 0 Å². The van der Waals surface area contributed by atoms with Gasteiger partial charge in [0.05, 0.1) is 0 Å². The minimum atomic E-state index is -0.160. The quantitative estimate of drug-likeness (QED) is 0.884. The largest absolute Gasteiger partial charge is 0.336 e. The topological polar surface area (TPSA) is 75.4 Å². The highest BCUT2D eigenvalue weighted by molar-refractivity contribution is 5.97. The van der Waals surface area contributed by atoms with Gasteiger partial charge in [0.1, 0.15) is 0 Å². The molecule has 0 saturated carbocycles. The molecule has 0 spiro atoms. The van der Waals surface area contributed by atoms with Gasteiger partial charge in [-0.1, -0.05) is 36.4 Å². The van der Waals surface area contributed by atoms with Gasteiger partial charge in [-0.3, -0.25) is 9.59 Å². The highest BCUT2D eigenvalue weighted by atomic mass is 35.5. The first-order valence-electron chi connectivity index (χ1n) is 8.02. The van der Waals surface area contributed by atoms with Gasteiger partial charge in [-0.05, 0) is 23.8 Å². The number of anilines is 1. The maximum atomic E-state index is 12.8. The van der Waals surface area contributed by atoms with E-state index in [1.165, 1.54) is 6.92 Å². The van der Waals surface area contributed by atoms with Crippen LogP contribution in [-0.4, -0.2) is 35.8 Å². The lowest BCUT2D eigenvalue weighted by molar-refractivity contribution is -0.114. The molecule has 2 aromatic rings. The van der Waals surface area contributed by atoms with Gasteiger partial charge in [0, 0.05) is 43.2 Å². The predicted molar refractivity (Wildman–Crippen MR) is 101 cm³/mol. The number of amides is 2. The number of rotatable bonds is 3. The van der Waals surface area contributed by atoms with Gasteiger partial charge in [0.25, 0.3) is 5.91 Å². The first-order chi connectivity index (χ1) is 11.5. The van der Waals surface area contributed by atoms with Crippen LogP contribution in [0.1, 0.15) is 28.8 Å². The first-order valence-corrected chi connectivity index (χ1v) is 8.02. The van der Waals surface area contributed by atoms with Gasteiger partial charge >= 0.3 is 0 Å². The van der Waals surface area contributed by atoms with Crippen LogP contribution < -0.4 is 11.1 Å². The lowest BCUT2D eigenvalue weighted by Crippen LogP contribution is -2.32. The van der Waals surface area contributed by atoms with Crippen molar-refractivity contribution in [1.29, 1.82) is 0 Å². The molecule has 2 aromatic carbocycles. The molecule has 0 aliphatic carbocycles. The molecule has 132 valence electrons.